The normalized spacial score (nSPS) is 19.2. The number of nitrogens with zero attached hydrogens (tertiary/aromatic N) is 2. The summed E-state index contributed by atoms with van der Waals surface area (Å²) in [5.74, 6) is 0.689. The first-order valence-electron chi connectivity index (χ1n) is 11.6. The van der Waals surface area contributed by atoms with E-state index >= 15 is 0 Å². The Kier molecular flexibility index (Phi) is 7.43. The van der Waals surface area contributed by atoms with Crippen molar-refractivity contribution in [1.82, 2.24) is 15.1 Å². The lowest BCUT2D eigenvalue weighted by molar-refractivity contribution is -0.139. The Bertz CT molecular complexity index is 922. The van der Waals surface area contributed by atoms with Gasteiger partial charge in [-0.1, -0.05) is 42.5 Å². The minimum atomic E-state index is -0.183. The van der Waals surface area contributed by atoms with Crippen LogP contribution in [-0.4, -0.2) is 48.4 Å². The average molecular weight is 436 g/mol. The molecule has 6 nitrogen and oxygen atoms in total. The number of amides is 2. The zero-order valence-electron chi connectivity index (χ0n) is 18.9. The molecule has 0 radical (unpaired) electrons. The maximum atomic E-state index is 12.8. The molecule has 2 heterocycles. The van der Waals surface area contributed by atoms with Crippen LogP contribution in [0, 0.1) is 5.92 Å². The zero-order valence-corrected chi connectivity index (χ0v) is 18.9. The number of methoxy groups -OCH3 is 1. The molecule has 2 aromatic rings. The van der Waals surface area contributed by atoms with Gasteiger partial charge in [0.15, 0.2) is 0 Å². The number of para-hydroxylation sites is 1. The van der Waals surface area contributed by atoms with Crippen LogP contribution in [-0.2, 0) is 29.2 Å². The number of carbonyl (C=O) groups excluding carboxylic acids is 2. The molecule has 2 amide bonds. The van der Waals surface area contributed by atoms with E-state index in [0.29, 0.717) is 32.5 Å². The topological polar surface area (TPSA) is 61.9 Å². The minimum Gasteiger partial charge on any atom is -0.496 e. The standard InChI is InChI=1S/C26H33N3O3/c1-32-24-7-3-2-6-22(24)18-29-19-23(12-13-25(29)30)26(31)27-16-20-8-10-21(11-9-20)17-28-14-4-5-15-28/h2-3,6-11,23H,4-5,12-19H2,1H3,(H,27,31)/t23-/m0/s1. The van der Waals surface area contributed by atoms with Crippen molar-refractivity contribution in [3.63, 3.8) is 0 Å². The van der Waals surface area contributed by atoms with E-state index in [1.54, 1.807) is 12.0 Å². The number of rotatable bonds is 8. The fourth-order valence-electron chi connectivity index (χ4n) is 4.62. The summed E-state index contributed by atoms with van der Waals surface area (Å²) >= 11 is 0. The maximum Gasteiger partial charge on any atom is 0.225 e. The van der Waals surface area contributed by atoms with Gasteiger partial charge in [-0.25, -0.2) is 0 Å². The van der Waals surface area contributed by atoms with Crippen molar-refractivity contribution >= 4 is 11.8 Å². The number of ether oxygens (including phenoxy) is 1. The van der Waals surface area contributed by atoms with Crippen LogP contribution in [0.15, 0.2) is 48.5 Å². The van der Waals surface area contributed by atoms with E-state index in [1.165, 1.54) is 31.5 Å². The Morgan fingerprint density at radius 3 is 2.50 bits per heavy atom. The number of nitrogens with one attached hydrogen (secondary N) is 1. The van der Waals surface area contributed by atoms with E-state index in [0.717, 1.165) is 23.4 Å². The molecule has 0 aromatic heterocycles. The first-order chi connectivity index (χ1) is 15.6. The Balaban J connectivity index is 1.28. The molecule has 0 spiro atoms. The highest BCUT2D eigenvalue weighted by molar-refractivity contribution is 5.83. The summed E-state index contributed by atoms with van der Waals surface area (Å²) in [7, 11) is 1.63. The van der Waals surface area contributed by atoms with Gasteiger partial charge in [-0.3, -0.25) is 14.5 Å². The highest BCUT2D eigenvalue weighted by atomic mass is 16.5. The van der Waals surface area contributed by atoms with Gasteiger partial charge in [0.1, 0.15) is 5.75 Å². The largest absolute Gasteiger partial charge is 0.496 e. The van der Waals surface area contributed by atoms with E-state index < -0.39 is 0 Å². The fraction of sp³-hybridized carbons (Fsp3) is 0.462. The third kappa shape index (κ3) is 5.68. The molecule has 1 atom stereocenters. The number of hydrogen-bond acceptors (Lipinski definition) is 4. The second kappa shape index (κ2) is 10.6. The molecule has 2 aliphatic heterocycles. The Morgan fingerprint density at radius 2 is 1.75 bits per heavy atom. The number of benzene rings is 2. The van der Waals surface area contributed by atoms with Gasteiger partial charge < -0.3 is 15.0 Å². The van der Waals surface area contributed by atoms with Gasteiger partial charge in [0.05, 0.1) is 13.0 Å². The lowest BCUT2D eigenvalue weighted by Gasteiger charge is -2.32. The van der Waals surface area contributed by atoms with E-state index in [-0.39, 0.29) is 17.7 Å². The van der Waals surface area contributed by atoms with Gasteiger partial charge in [-0.2, -0.15) is 0 Å². The highest BCUT2D eigenvalue weighted by Gasteiger charge is 2.30. The van der Waals surface area contributed by atoms with Crippen molar-refractivity contribution in [3.8, 4) is 5.75 Å². The smallest absolute Gasteiger partial charge is 0.225 e. The second-order valence-corrected chi connectivity index (χ2v) is 8.84. The molecule has 170 valence electrons. The predicted molar refractivity (Wildman–Crippen MR) is 124 cm³/mol. The summed E-state index contributed by atoms with van der Waals surface area (Å²) in [4.78, 5) is 29.5. The third-order valence-electron chi connectivity index (χ3n) is 6.52. The van der Waals surface area contributed by atoms with Crippen LogP contribution in [0.1, 0.15) is 42.4 Å². The maximum absolute atomic E-state index is 12.8. The van der Waals surface area contributed by atoms with Gasteiger partial charge in [-0.05, 0) is 49.5 Å². The summed E-state index contributed by atoms with van der Waals surface area (Å²) < 4.78 is 5.41. The molecule has 0 unspecified atom stereocenters. The fourth-order valence-corrected chi connectivity index (χ4v) is 4.62. The van der Waals surface area contributed by atoms with E-state index in [2.05, 4.69) is 34.5 Å². The molecular formula is C26H33N3O3. The number of carbonyl (C=O) groups is 2. The summed E-state index contributed by atoms with van der Waals surface area (Å²) in [6, 6.07) is 16.2. The third-order valence-corrected chi connectivity index (χ3v) is 6.52. The summed E-state index contributed by atoms with van der Waals surface area (Å²) in [6.07, 6.45) is 3.60. The first-order valence-corrected chi connectivity index (χ1v) is 11.6. The van der Waals surface area contributed by atoms with Crippen molar-refractivity contribution in [2.24, 2.45) is 5.92 Å². The van der Waals surface area contributed by atoms with Crippen molar-refractivity contribution in [2.75, 3.05) is 26.7 Å². The SMILES string of the molecule is COc1ccccc1CN1C[C@@H](C(=O)NCc2ccc(CN3CCCC3)cc2)CCC1=O. The van der Waals surface area contributed by atoms with Gasteiger partial charge in [-0.15, -0.1) is 0 Å². The zero-order chi connectivity index (χ0) is 22.3. The van der Waals surface area contributed by atoms with Crippen molar-refractivity contribution in [2.45, 2.75) is 45.3 Å². The molecule has 6 heteroatoms. The molecule has 1 N–H and O–H groups in total. The van der Waals surface area contributed by atoms with Gasteiger partial charge in [0.2, 0.25) is 11.8 Å². The summed E-state index contributed by atoms with van der Waals surface area (Å²) in [6.45, 7) is 4.80. The number of likely N-dealkylation sites (tertiary alicyclic amines) is 2. The van der Waals surface area contributed by atoms with E-state index in [9.17, 15) is 9.59 Å². The van der Waals surface area contributed by atoms with Crippen molar-refractivity contribution in [1.29, 1.82) is 0 Å². The molecule has 2 aliphatic rings. The second-order valence-electron chi connectivity index (χ2n) is 8.84. The van der Waals surface area contributed by atoms with Crippen LogP contribution < -0.4 is 10.1 Å². The molecule has 0 aliphatic carbocycles. The Labute approximate surface area is 190 Å². The Hall–Kier alpha value is -2.86. The number of hydrogen-bond donors (Lipinski definition) is 1. The van der Waals surface area contributed by atoms with E-state index in [1.807, 2.05) is 24.3 Å². The minimum absolute atomic E-state index is 0.0173. The molecule has 2 aromatic carbocycles. The molecule has 0 bridgehead atoms. The lowest BCUT2D eigenvalue weighted by atomic mass is 9.96. The van der Waals surface area contributed by atoms with E-state index in [4.69, 9.17) is 4.74 Å². The summed E-state index contributed by atoms with van der Waals surface area (Å²) in [5.41, 5.74) is 3.37. The molecule has 2 fully saturated rings. The van der Waals surface area contributed by atoms with Crippen molar-refractivity contribution in [3.05, 3.63) is 65.2 Å². The van der Waals surface area contributed by atoms with Crippen LogP contribution in [0.5, 0.6) is 5.75 Å². The predicted octanol–water partition coefficient (Wildman–Crippen LogP) is 3.35. The number of piperidine rings is 1. The van der Waals surface area contributed by atoms with Gasteiger partial charge in [0.25, 0.3) is 0 Å². The van der Waals surface area contributed by atoms with Crippen molar-refractivity contribution < 1.29 is 14.3 Å². The van der Waals surface area contributed by atoms with Gasteiger partial charge >= 0.3 is 0 Å². The van der Waals surface area contributed by atoms with Crippen LogP contribution in [0.3, 0.4) is 0 Å². The van der Waals surface area contributed by atoms with Crippen LogP contribution >= 0.6 is 0 Å². The molecule has 0 saturated carbocycles. The monoisotopic (exact) mass is 435 g/mol. The Morgan fingerprint density at radius 1 is 1.03 bits per heavy atom. The van der Waals surface area contributed by atoms with Crippen LogP contribution in [0.4, 0.5) is 0 Å². The first kappa shape index (κ1) is 22.3. The average Bonchev–Trinajstić information content (AvgIpc) is 3.33. The molecular weight excluding hydrogens is 402 g/mol. The molecule has 2 saturated heterocycles. The summed E-state index contributed by atoms with van der Waals surface area (Å²) in [5, 5.41) is 3.07. The van der Waals surface area contributed by atoms with Crippen LogP contribution in [0.25, 0.3) is 0 Å². The molecule has 4 rings (SSSR count). The molecule has 32 heavy (non-hydrogen) atoms. The van der Waals surface area contributed by atoms with Gasteiger partial charge in [0, 0.05) is 38.2 Å². The highest BCUT2D eigenvalue weighted by Crippen LogP contribution is 2.24. The quantitative estimate of drug-likeness (QED) is 0.691. The van der Waals surface area contributed by atoms with Crippen LogP contribution in [0.2, 0.25) is 0 Å². The lowest BCUT2D eigenvalue weighted by Crippen LogP contribution is -2.45.